The Balaban J connectivity index is 1.27. The highest BCUT2D eigenvalue weighted by atomic mass is 15.2. The van der Waals surface area contributed by atoms with Crippen LogP contribution in [-0.2, 0) is 0 Å². The molecule has 50 heavy (non-hydrogen) atoms. The SMILES string of the molecule is c1ccc(-n2c3cc4c5ccccc5n(C5=Nc6ccccc6NC5c5ccc6ccccc6c5)c4cc3c3c4ccccc4ccc32)cc1. The van der Waals surface area contributed by atoms with Crippen LogP contribution in [0.4, 0.5) is 11.4 Å². The van der Waals surface area contributed by atoms with Crippen LogP contribution in [0.25, 0.3) is 70.8 Å². The molecule has 0 radical (unpaired) electrons. The van der Waals surface area contributed by atoms with E-state index in [0.29, 0.717) is 0 Å². The molecule has 1 N–H and O–H groups in total. The monoisotopic (exact) mass is 638 g/mol. The summed E-state index contributed by atoms with van der Waals surface area (Å²) in [5, 5.41) is 13.7. The molecule has 0 spiro atoms. The van der Waals surface area contributed by atoms with Gasteiger partial charge < -0.3 is 9.88 Å². The molecule has 0 saturated heterocycles. The van der Waals surface area contributed by atoms with E-state index in [0.717, 1.165) is 33.9 Å². The number of hydrogen-bond acceptors (Lipinski definition) is 2. The molecule has 1 atom stereocenters. The molecule has 10 aromatic rings. The summed E-state index contributed by atoms with van der Waals surface area (Å²) in [7, 11) is 0. The molecule has 0 fully saturated rings. The minimum absolute atomic E-state index is 0.171. The predicted molar refractivity (Wildman–Crippen MR) is 211 cm³/mol. The molecule has 4 nitrogen and oxygen atoms in total. The molecule has 4 heteroatoms. The van der Waals surface area contributed by atoms with Crippen molar-refractivity contribution in [2.24, 2.45) is 4.99 Å². The Hall–Kier alpha value is -6.65. The summed E-state index contributed by atoms with van der Waals surface area (Å²) in [6.45, 7) is 0. The zero-order valence-corrected chi connectivity index (χ0v) is 27.1. The molecule has 3 heterocycles. The summed E-state index contributed by atoms with van der Waals surface area (Å²) in [4.78, 5) is 5.48. The fourth-order valence-electron chi connectivity index (χ4n) is 8.25. The molecule has 0 aliphatic carbocycles. The first-order chi connectivity index (χ1) is 24.8. The van der Waals surface area contributed by atoms with Crippen LogP contribution in [-0.4, -0.2) is 15.0 Å². The number of nitrogens with one attached hydrogen (secondary N) is 1. The van der Waals surface area contributed by atoms with Crippen molar-refractivity contribution >= 4 is 82.4 Å². The van der Waals surface area contributed by atoms with E-state index in [-0.39, 0.29) is 6.04 Å². The van der Waals surface area contributed by atoms with Gasteiger partial charge in [0, 0.05) is 27.2 Å². The lowest BCUT2D eigenvalue weighted by molar-refractivity contribution is 0.964. The summed E-state index contributed by atoms with van der Waals surface area (Å²) in [5.74, 6) is 0.959. The maximum absolute atomic E-state index is 5.48. The van der Waals surface area contributed by atoms with Gasteiger partial charge in [0.1, 0.15) is 11.9 Å². The van der Waals surface area contributed by atoms with Crippen LogP contribution in [0.1, 0.15) is 11.6 Å². The Kier molecular flexibility index (Phi) is 5.69. The third kappa shape index (κ3) is 3.90. The van der Waals surface area contributed by atoms with Gasteiger partial charge >= 0.3 is 0 Å². The topological polar surface area (TPSA) is 34.2 Å². The zero-order valence-electron chi connectivity index (χ0n) is 27.1. The van der Waals surface area contributed by atoms with E-state index in [4.69, 9.17) is 4.99 Å². The van der Waals surface area contributed by atoms with Crippen LogP contribution >= 0.6 is 0 Å². The number of nitrogens with zero attached hydrogens (tertiary/aromatic N) is 3. The second-order valence-corrected chi connectivity index (χ2v) is 13.3. The summed E-state index contributed by atoms with van der Waals surface area (Å²) in [6, 6.07) is 61.2. The van der Waals surface area contributed by atoms with E-state index in [1.807, 2.05) is 0 Å². The smallest absolute Gasteiger partial charge is 0.141 e. The predicted octanol–water partition coefficient (Wildman–Crippen LogP) is 11.9. The van der Waals surface area contributed by atoms with Gasteiger partial charge in [0.05, 0.1) is 33.4 Å². The Morgan fingerprint density at radius 3 is 2.02 bits per heavy atom. The van der Waals surface area contributed by atoms with Gasteiger partial charge in [-0.25, -0.2) is 4.99 Å². The van der Waals surface area contributed by atoms with E-state index in [2.05, 4.69) is 184 Å². The third-order valence-corrected chi connectivity index (χ3v) is 10.5. The van der Waals surface area contributed by atoms with Crippen LogP contribution in [0.5, 0.6) is 0 Å². The Morgan fingerprint density at radius 2 is 1.12 bits per heavy atom. The summed E-state index contributed by atoms with van der Waals surface area (Å²) in [5.41, 5.74) is 8.99. The maximum atomic E-state index is 5.48. The van der Waals surface area contributed by atoms with E-state index in [9.17, 15) is 0 Å². The van der Waals surface area contributed by atoms with Crippen LogP contribution in [0.3, 0.4) is 0 Å². The number of fused-ring (bicyclic) bond motifs is 10. The van der Waals surface area contributed by atoms with E-state index >= 15 is 0 Å². The lowest BCUT2D eigenvalue weighted by atomic mass is 9.99. The lowest BCUT2D eigenvalue weighted by Gasteiger charge is -2.29. The van der Waals surface area contributed by atoms with E-state index < -0.39 is 0 Å². The number of hydrogen-bond donors (Lipinski definition) is 1. The van der Waals surface area contributed by atoms with Gasteiger partial charge in [-0.3, -0.25) is 4.57 Å². The molecular weight excluding hydrogens is 609 g/mol. The van der Waals surface area contributed by atoms with E-state index in [1.54, 1.807) is 0 Å². The number of aliphatic imine (C=N–C) groups is 1. The average Bonchev–Trinajstić information content (AvgIpc) is 3.68. The van der Waals surface area contributed by atoms with Gasteiger partial charge in [0.2, 0.25) is 0 Å². The Morgan fingerprint density at radius 1 is 0.440 bits per heavy atom. The first-order valence-electron chi connectivity index (χ1n) is 17.2. The van der Waals surface area contributed by atoms with Crippen molar-refractivity contribution in [3.63, 3.8) is 0 Å². The maximum Gasteiger partial charge on any atom is 0.141 e. The minimum atomic E-state index is -0.171. The molecule has 0 amide bonds. The molecule has 1 aliphatic rings. The van der Waals surface area contributed by atoms with Gasteiger partial charge in [-0.05, 0) is 81.7 Å². The second kappa shape index (κ2) is 10.4. The Labute approximate surface area is 288 Å². The summed E-state index contributed by atoms with van der Waals surface area (Å²) < 4.78 is 4.83. The third-order valence-electron chi connectivity index (χ3n) is 10.5. The molecular formula is C46H30N4. The van der Waals surface area contributed by atoms with E-state index in [1.165, 1.54) is 59.7 Å². The Bertz CT molecular complexity index is 3020. The highest BCUT2D eigenvalue weighted by Gasteiger charge is 2.29. The number of para-hydroxylation sites is 4. The van der Waals surface area contributed by atoms with Crippen molar-refractivity contribution in [1.29, 1.82) is 0 Å². The first-order valence-corrected chi connectivity index (χ1v) is 17.2. The molecule has 0 saturated carbocycles. The average molecular weight is 639 g/mol. The summed E-state index contributed by atoms with van der Waals surface area (Å²) >= 11 is 0. The van der Waals surface area contributed by atoms with Crippen molar-refractivity contribution in [3.05, 3.63) is 175 Å². The normalized spacial score (nSPS) is 14.5. The van der Waals surface area contributed by atoms with Crippen LogP contribution < -0.4 is 5.32 Å². The summed E-state index contributed by atoms with van der Waals surface area (Å²) in [6.07, 6.45) is 0. The van der Waals surface area contributed by atoms with Crippen molar-refractivity contribution in [3.8, 4) is 5.69 Å². The van der Waals surface area contributed by atoms with Crippen molar-refractivity contribution in [2.45, 2.75) is 6.04 Å². The van der Waals surface area contributed by atoms with Crippen molar-refractivity contribution in [2.75, 3.05) is 5.32 Å². The quantitative estimate of drug-likeness (QED) is 0.201. The standard InChI is InChI=1S/C46H30N4/c1-2-15-33(16-3-1)49-41-25-24-30-13-6-7-17-34(30)44(41)37-28-42-36(27-43(37)49)35-18-8-11-21-40(35)50(42)46-45(47-38-19-9-10-20-39(38)48-46)32-23-22-29-12-4-5-14-31(29)26-32/h1-28,45,47H. The van der Waals surface area contributed by atoms with Crippen molar-refractivity contribution < 1.29 is 0 Å². The van der Waals surface area contributed by atoms with Crippen molar-refractivity contribution in [1.82, 2.24) is 9.13 Å². The lowest BCUT2D eigenvalue weighted by Crippen LogP contribution is -2.29. The molecule has 2 aromatic heterocycles. The first kappa shape index (κ1) is 27.3. The number of anilines is 1. The number of benzene rings is 8. The molecule has 0 bridgehead atoms. The molecule has 234 valence electrons. The largest absolute Gasteiger partial charge is 0.370 e. The van der Waals surface area contributed by atoms with Crippen LogP contribution in [0, 0.1) is 0 Å². The molecule has 11 rings (SSSR count). The molecule has 1 aliphatic heterocycles. The second-order valence-electron chi connectivity index (χ2n) is 13.3. The fourth-order valence-corrected chi connectivity index (χ4v) is 8.25. The number of rotatable bonds is 2. The number of aromatic nitrogens is 2. The highest BCUT2D eigenvalue weighted by Crippen LogP contribution is 2.43. The molecule has 1 unspecified atom stereocenters. The fraction of sp³-hybridized carbons (Fsp3) is 0.0217. The van der Waals surface area contributed by atoms with Gasteiger partial charge in [0.25, 0.3) is 0 Å². The van der Waals surface area contributed by atoms with Gasteiger partial charge in [-0.1, -0.05) is 115 Å². The van der Waals surface area contributed by atoms with Gasteiger partial charge in [-0.15, -0.1) is 0 Å². The van der Waals surface area contributed by atoms with Gasteiger partial charge in [0.15, 0.2) is 0 Å². The highest BCUT2D eigenvalue weighted by molar-refractivity contribution is 6.26. The molecule has 8 aromatic carbocycles. The van der Waals surface area contributed by atoms with Crippen LogP contribution in [0.2, 0.25) is 0 Å². The zero-order chi connectivity index (χ0) is 32.8. The van der Waals surface area contributed by atoms with Gasteiger partial charge in [-0.2, -0.15) is 0 Å². The minimum Gasteiger partial charge on any atom is -0.370 e. The van der Waals surface area contributed by atoms with Crippen LogP contribution in [0.15, 0.2) is 175 Å².